The number of benzene rings is 2. The summed E-state index contributed by atoms with van der Waals surface area (Å²) in [7, 11) is 1.56. The van der Waals surface area contributed by atoms with Crippen molar-refractivity contribution in [1.82, 2.24) is 10.2 Å². The van der Waals surface area contributed by atoms with Crippen LogP contribution in [0.5, 0.6) is 11.5 Å². The number of aryl methyl sites for hydroxylation is 1. The summed E-state index contributed by atoms with van der Waals surface area (Å²) in [6.45, 7) is 1.23. The van der Waals surface area contributed by atoms with Gasteiger partial charge in [-0.3, -0.25) is 9.59 Å². The average molecular weight is 431 g/mol. The number of hydrogen-bond acceptors (Lipinski definition) is 4. The zero-order chi connectivity index (χ0) is 21.3. The van der Waals surface area contributed by atoms with Crippen LogP contribution in [0.1, 0.15) is 24.8 Å². The van der Waals surface area contributed by atoms with Gasteiger partial charge in [-0.2, -0.15) is 0 Å². The number of carbonyl (C=O) groups is 2. The topological polar surface area (TPSA) is 67.9 Å². The van der Waals surface area contributed by atoms with Gasteiger partial charge < -0.3 is 19.7 Å². The lowest BCUT2D eigenvalue weighted by Crippen LogP contribution is -2.47. The fraction of sp³-hybridized carbons (Fsp3) is 0.391. The van der Waals surface area contributed by atoms with Crippen LogP contribution >= 0.6 is 11.6 Å². The van der Waals surface area contributed by atoms with E-state index in [1.807, 2.05) is 41.3 Å². The summed E-state index contributed by atoms with van der Waals surface area (Å²) < 4.78 is 10.8. The van der Waals surface area contributed by atoms with Crippen molar-refractivity contribution in [2.24, 2.45) is 0 Å². The molecule has 1 aliphatic heterocycles. The number of nitrogens with zero attached hydrogens (tertiary/aromatic N) is 1. The highest BCUT2D eigenvalue weighted by molar-refractivity contribution is 6.30. The molecule has 2 aromatic carbocycles. The number of piperidine rings is 1. The highest BCUT2D eigenvalue weighted by Crippen LogP contribution is 2.25. The summed E-state index contributed by atoms with van der Waals surface area (Å²) in [5, 5.41) is 3.69. The van der Waals surface area contributed by atoms with E-state index in [0.717, 1.165) is 18.4 Å². The Labute approximate surface area is 182 Å². The summed E-state index contributed by atoms with van der Waals surface area (Å²) in [6.07, 6.45) is 2.67. The third-order valence-corrected chi connectivity index (χ3v) is 5.43. The minimum Gasteiger partial charge on any atom is -0.493 e. The second-order valence-corrected chi connectivity index (χ2v) is 7.73. The molecule has 1 N–H and O–H groups in total. The van der Waals surface area contributed by atoms with Crippen molar-refractivity contribution in [3.05, 3.63) is 59.1 Å². The van der Waals surface area contributed by atoms with Gasteiger partial charge in [0.25, 0.3) is 5.91 Å². The Balaban J connectivity index is 1.36. The Morgan fingerprint density at radius 1 is 1.07 bits per heavy atom. The number of para-hydroxylation sites is 2. The van der Waals surface area contributed by atoms with E-state index in [1.165, 1.54) is 0 Å². The molecule has 1 fully saturated rings. The predicted octanol–water partition coefficient (Wildman–Crippen LogP) is 3.47. The number of ether oxygens (including phenoxy) is 2. The third-order valence-electron chi connectivity index (χ3n) is 5.18. The van der Waals surface area contributed by atoms with Crippen LogP contribution in [0, 0.1) is 0 Å². The fourth-order valence-electron chi connectivity index (χ4n) is 3.48. The van der Waals surface area contributed by atoms with Gasteiger partial charge in [0, 0.05) is 30.6 Å². The van der Waals surface area contributed by atoms with Crippen LogP contribution in [-0.2, 0) is 16.0 Å². The molecule has 0 saturated carbocycles. The first kappa shape index (κ1) is 22.0. The van der Waals surface area contributed by atoms with E-state index in [-0.39, 0.29) is 24.5 Å². The summed E-state index contributed by atoms with van der Waals surface area (Å²) >= 11 is 5.89. The number of methoxy groups -OCH3 is 1. The van der Waals surface area contributed by atoms with Gasteiger partial charge >= 0.3 is 0 Å². The van der Waals surface area contributed by atoms with Gasteiger partial charge in [0.05, 0.1) is 7.11 Å². The molecule has 0 radical (unpaired) electrons. The van der Waals surface area contributed by atoms with Crippen LogP contribution in [0.25, 0.3) is 0 Å². The first-order chi connectivity index (χ1) is 14.5. The van der Waals surface area contributed by atoms with E-state index in [1.54, 1.807) is 19.2 Å². The lowest BCUT2D eigenvalue weighted by molar-refractivity contribution is -0.132. The van der Waals surface area contributed by atoms with Gasteiger partial charge in [0.15, 0.2) is 18.1 Å². The Morgan fingerprint density at radius 3 is 2.40 bits per heavy atom. The Bertz CT molecular complexity index is 849. The zero-order valence-corrected chi connectivity index (χ0v) is 17.9. The second-order valence-electron chi connectivity index (χ2n) is 7.29. The normalized spacial score (nSPS) is 14.3. The molecule has 160 valence electrons. The van der Waals surface area contributed by atoms with Gasteiger partial charge in [0.1, 0.15) is 0 Å². The minimum absolute atomic E-state index is 0.0547. The van der Waals surface area contributed by atoms with Crippen molar-refractivity contribution in [1.29, 1.82) is 0 Å². The van der Waals surface area contributed by atoms with Crippen molar-refractivity contribution in [2.45, 2.75) is 31.7 Å². The first-order valence-corrected chi connectivity index (χ1v) is 10.5. The molecule has 0 aliphatic carbocycles. The van der Waals surface area contributed by atoms with Crippen LogP contribution in [0.2, 0.25) is 5.02 Å². The molecule has 7 heteroatoms. The number of hydrogen-bond donors (Lipinski definition) is 1. The summed E-state index contributed by atoms with van der Waals surface area (Å²) in [4.78, 5) is 26.6. The monoisotopic (exact) mass is 430 g/mol. The average Bonchev–Trinajstić information content (AvgIpc) is 2.77. The Morgan fingerprint density at radius 2 is 1.73 bits per heavy atom. The quantitative estimate of drug-likeness (QED) is 0.696. The molecule has 0 aromatic heterocycles. The lowest BCUT2D eigenvalue weighted by Gasteiger charge is -2.32. The van der Waals surface area contributed by atoms with Gasteiger partial charge in [-0.15, -0.1) is 0 Å². The molecular weight excluding hydrogens is 404 g/mol. The molecule has 1 heterocycles. The largest absolute Gasteiger partial charge is 0.493 e. The lowest BCUT2D eigenvalue weighted by atomic mass is 10.0. The van der Waals surface area contributed by atoms with Crippen LogP contribution in [-0.4, -0.2) is 49.6 Å². The van der Waals surface area contributed by atoms with Crippen molar-refractivity contribution >= 4 is 23.4 Å². The van der Waals surface area contributed by atoms with E-state index in [9.17, 15) is 9.59 Å². The van der Waals surface area contributed by atoms with Crippen molar-refractivity contribution in [3.8, 4) is 11.5 Å². The van der Waals surface area contributed by atoms with E-state index in [2.05, 4.69) is 5.32 Å². The van der Waals surface area contributed by atoms with Gasteiger partial charge in [-0.1, -0.05) is 35.9 Å². The van der Waals surface area contributed by atoms with Crippen LogP contribution in [0.15, 0.2) is 48.5 Å². The second kappa shape index (κ2) is 10.9. The number of amides is 2. The zero-order valence-electron chi connectivity index (χ0n) is 17.1. The maximum absolute atomic E-state index is 12.5. The fourth-order valence-corrected chi connectivity index (χ4v) is 3.61. The van der Waals surface area contributed by atoms with Crippen LogP contribution in [0.3, 0.4) is 0 Å². The molecule has 1 aliphatic rings. The van der Waals surface area contributed by atoms with Gasteiger partial charge in [0.2, 0.25) is 5.91 Å². The molecule has 0 spiro atoms. The van der Waals surface area contributed by atoms with E-state index in [4.69, 9.17) is 21.1 Å². The number of halogens is 1. The summed E-state index contributed by atoms with van der Waals surface area (Å²) in [6, 6.07) is 14.9. The summed E-state index contributed by atoms with van der Waals surface area (Å²) in [5.41, 5.74) is 1.10. The predicted molar refractivity (Wildman–Crippen MR) is 116 cm³/mol. The molecule has 0 atom stereocenters. The van der Waals surface area contributed by atoms with Gasteiger partial charge in [-0.25, -0.2) is 0 Å². The molecule has 6 nitrogen and oxygen atoms in total. The van der Waals surface area contributed by atoms with E-state index >= 15 is 0 Å². The van der Waals surface area contributed by atoms with Gasteiger partial charge in [-0.05, 0) is 49.1 Å². The van der Waals surface area contributed by atoms with Crippen LogP contribution < -0.4 is 14.8 Å². The smallest absolute Gasteiger partial charge is 0.258 e. The maximum Gasteiger partial charge on any atom is 0.258 e. The molecule has 2 amide bonds. The van der Waals surface area contributed by atoms with Crippen LogP contribution in [0.4, 0.5) is 0 Å². The molecule has 2 aromatic rings. The van der Waals surface area contributed by atoms with Crippen molar-refractivity contribution in [3.63, 3.8) is 0 Å². The number of rotatable bonds is 8. The maximum atomic E-state index is 12.5. The molecule has 30 heavy (non-hydrogen) atoms. The van der Waals surface area contributed by atoms with E-state index in [0.29, 0.717) is 42.5 Å². The number of nitrogens with one attached hydrogen (secondary N) is 1. The highest BCUT2D eigenvalue weighted by atomic mass is 35.5. The number of likely N-dealkylation sites (tertiary alicyclic amines) is 1. The Kier molecular flexibility index (Phi) is 7.97. The van der Waals surface area contributed by atoms with Crippen molar-refractivity contribution in [2.75, 3.05) is 26.8 Å². The molecule has 0 unspecified atom stereocenters. The first-order valence-electron chi connectivity index (χ1n) is 10.1. The highest BCUT2D eigenvalue weighted by Gasteiger charge is 2.23. The van der Waals surface area contributed by atoms with Crippen molar-refractivity contribution < 1.29 is 19.1 Å². The van der Waals surface area contributed by atoms with E-state index < -0.39 is 0 Å². The standard InChI is InChI=1S/C23H27ClN2O4/c1-29-20-4-2-3-5-21(20)30-16-22(27)25-19-12-14-26(15-13-19)23(28)11-8-17-6-9-18(24)10-7-17/h2-7,9-10,19H,8,11-16H2,1H3,(H,25,27). The SMILES string of the molecule is COc1ccccc1OCC(=O)NC1CCN(C(=O)CCc2ccc(Cl)cc2)CC1. The summed E-state index contributed by atoms with van der Waals surface area (Å²) in [5.74, 6) is 1.11. The minimum atomic E-state index is -0.173. The number of carbonyl (C=O) groups excluding carboxylic acids is 2. The molecule has 0 bridgehead atoms. The third kappa shape index (κ3) is 6.39. The molecule has 3 rings (SSSR count). The Hall–Kier alpha value is -2.73. The molecule has 1 saturated heterocycles. The molecular formula is C23H27ClN2O4.